The van der Waals surface area contributed by atoms with E-state index in [1.165, 1.54) is 19.2 Å². The minimum absolute atomic E-state index is 0.107. The van der Waals surface area contributed by atoms with Crippen LogP contribution in [0.4, 0.5) is 4.39 Å². The summed E-state index contributed by atoms with van der Waals surface area (Å²) >= 11 is 3.22. The summed E-state index contributed by atoms with van der Waals surface area (Å²) in [5.41, 5.74) is -0.107. The summed E-state index contributed by atoms with van der Waals surface area (Å²) in [6.45, 7) is 0.330. The van der Waals surface area contributed by atoms with Gasteiger partial charge in [0, 0.05) is 18.5 Å². The molecule has 2 N–H and O–H groups in total. The van der Waals surface area contributed by atoms with Gasteiger partial charge in [0.15, 0.2) is 0 Å². The molecule has 4 nitrogen and oxygen atoms in total. The van der Waals surface area contributed by atoms with Gasteiger partial charge in [0.1, 0.15) is 11.6 Å². The average molecular weight is 306 g/mol. The number of amides is 1. The number of ether oxygens (including phenoxy) is 1. The van der Waals surface area contributed by atoms with Crippen molar-refractivity contribution in [2.75, 3.05) is 19.0 Å². The van der Waals surface area contributed by atoms with E-state index in [0.29, 0.717) is 11.9 Å². The van der Waals surface area contributed by atoms with Crippen molar-refractivity contribution in [1.82, 2.24) is 5.32 Å². The number of rotatable bonds is 5. The van der Waals surface area contributed by atoms with Crippen LogP contribution >= 0.6 is 15.9 Å². The summed E-state index contributed by atoms with van der Waals surface area (Å²) in [5, 5.41) is 12.2. The van der Waals surface area contributed by atoms with Crippen molar-refractivity contribution in [2.24, 2.45) is 0 Å². The van der Waals surface area contributed by atoms with Crippen LogP contribution in [-0.4, -0.2) is 36.1 Å². The van der Waals surface area contributed by atoms with Crippen LogP contribution < -0.4 is 5.32 Å². The lowest BCUT2D eigenvalue weighted by atomic mass is 10.2. The highest BCUT2D eigenvalue weighted by atomic mass is 79.9. The van der Waals surface area contributed by atoms with Gasteiger partial charge in [0.25, 0.3) is 5.91 Å². The topological polar surface area (TPSA) is 58.6 Å². The first kappa shape index (κ1) is 13.9. The quantitative estimate of drug-likeness (QED) is 0.814. The zero-order valence-corrected chi connectivity index (χ0v) is 10.8. The first-order valence-corrected chi connectivity index (χ1v) is 6.05. The predicted octanol–water partition coefficient (Wildman–Crippen LogP) is 1.67. The third kappa shape index (κ3) is 3.98. The summed E-state index contributed by atoms with van der Waals surface area (Å²) < 4.78 is 18.3. The lowest BCUT2D eigenvalue weighted by Gasteiger charge is -2.15. The van der Waals surface area contributed by atoms with Gasteiger partial charge >= 0.3 is 0 Å². The highest BCUT2D eigenvalue weighted by Crippen LogP contribution is 2.15. The Balaban J connectivity index is 2.75. The lowest BCUT2D eigenvalue weighted by Crippen LogP contribution is -2.39. The molecule has 0 aliphatic carbocycles. The van der Waals surface area contributed by atoms with E-state index >= 15 is 0 Å². The van der Waals surface area contributed by atoms with Crippen molar-refractivity contribution < 1.29 is 19.0 Å². The van der Waals surface area contributed by atoms with Crippen molar-refractivity contribution in [2.45, 2.75) is 6.04 Å². The second-order valence-electron chi connectivity index (χ2n) is 3.44. The van der Waals surface area contributed by atoms with Crippen LogP contribution in [0.25, 0.3) is 0 Å². The molecule has 94 valence electrons. The Morgan fingerprint density at radius 3 is 2.88 bits per heavy atom. The molecule has 0 heterocycles. The van der Waals surface area contributed by atoms with Gasteiger partial charge < -0.3 is 15.2 Å². The van der Waals surface area contributed by atoms with Crippen LogP contribution in [0.1, 0.15) is 10.4 Å². The number of carbonyl (C=O) groups excluding carboxylic acids is 1. The van der Waals surface area contributed by atoms with Gasteiger partial charge in [-0.05, 0) is 12.1 Å². The Hall–Kier alpha value is -1.14. The van der Waals surface area contributed by atoms with Crippen LogP contribution in [0.2, 0.25) is 0 Å². The summed E-state index contributed by atoms with van der Waals surface area (Å²) in [5.74, 6) is -1.51. The number of hydrogen-bond donors (Lipinski definition) is 2. The number of nitrogens with one attached hydrogen (secondary N) is 1. The van der Waals surface area contributed by atoms with Crippen LogP contribution in [-0.2, 0) is 4.74 Å². The first-order chi connectivity index (χ1) is 8.08. The number of aromatic hydroxyl groups is 1. The molecule has 17 heavy (non-hydrogen) atoms. The zero-order valence-electron chi connectivity index (χ0n) is 9.24. The Labute approximate surface area is 107 Å². The van der Waals surface area contributed by atoms with Gasteiger partial charge in [0.05, 0.1) is 18.2 Å². The molecule has 1 aromatic rings. The maximum absolute atomic E-state index is 13.4. The van der Waals surface area contributed by atoms with Crippen LogP contribution in [0.5, 0.6) is 5.75 Å². The molecular weight excluding hydrogens is 293 g/mol. The molecule has 1 aromatic carbocycles. The second-order valence-corrected chi connectivity index (χ2v) is 4.09. The number of carbonyl (C=O) groups is 1. The molecule has 1 amide bonds. The Bertz CT molecular complexity index is 400. The molecule has 6 heteroatoms. The molecule has 1 atom stereocenters. The number of hydrogen-bond acceptors (Lipinski definition) is 3. The molecular formula is C11H13BrFNO3. The third-order valence-electron chi connectivity index (χ3n) is 2.09. The maximum atomic E-state index is 13.4. The highest BCUT2D eigenvalue weighted by molar-refractivity contribution is 9.09. The number of benzene rings is 1. The Morgan fingerprint density at radius 2 is 2.35 bits per heavy atom. The minimum Gasteiger partial charge on any atom is -0.508 e. The third-order valence-corrected chi connectivity index (χ3v) is 2.87. The molecule has 0 radical (unpaired) electrons. The summed E-state index contributed by atoms with van der Waals surface area (Å²) in [7, 11) is 1.52. The fraction of sp³-hybridized carbons (Fsp3) is 0.364. The van der Waals surface area contributed by atoms with Gasteiger partial charge in [-0.3, -0.25) is 4.79 Å². The minimum atomic E-state index is -0.756. The van der Waals surface area contributed by atoms with E-state index < -0.39 is 11.7 Å². The average Bonchev–Trinajstić information content (AvgIpc) is 2.28. The van der Waals surface area contributed by atoms with Crippen molar-refractivity contribution in [1.29, 1.82) is 0 Å². The smallest absolute Gasteiger partial charge is 0.254 e. The number of phenolic OH excluding ortho intramolecular Hbond substituents is 1. The van der Waals surface area contributed by atoms with Gasteiger partial charge in [-0.1, -0.05) is 15.9 Å². The van der Waals surface area contributed by atoms with Gasteiger partial charge in [-0.2, -0.15) is 0 Å². The summed E-state index contributed by atoms with van der Waals surface area (Å²) in [6, 6.07) is 3.16. The monoisotopic (exact) mass is 305 g/mol. The van der Waals surface area contributed by atoms with Crippen molar-refractivity contribution in [3.05, 3.63) is 29.6 Å². The number of methoxy groups -OCH3 is 1. The normalized spacial score (nSPS) is 12.2. The largest absolute Gasteiger partial charge is 0.508 e. The Kier molecular flexibility index (Phi) is 5.37. The Morgan fingerprint density at radius 1 is 1.65 bits per heavy atom. The number of halogens is 2. The molecule has 0 fully saturated rings. The molecule has 0 saturated carbocycles. The van der Waals surface area contributed by atoms with Gasteiger partial charge in [-0.25, -0.2) is 4.39 Å². The van der Waals surface area contributed by atoms with Gasteiger partial charge in [-0.15, -0.1) is 0 Å². The molecule has 0 bridgehead atoms. The van der Waals surface area contributed by atoms with E-state index in [2.05, 4.69) is 21.2 Å². The van der Waals surface area contributed by atoms with Gasteiger partial charge in [0.2, 0.25) is 0 Å². The highest BCUT2D eigenvalue weighted by Gasteiger charge is 2.16. The predicted molar refractivity (Wildman–Crippen MR) is 65.0 cm³/mol. The summed E-state index contributed by atoms with van der Waals surface area (Å²) in [6.07, 6.45) is 0. The molecule has 0 spiro atoms. The van der Waals surface area contributed by atoms with E-state index in [1.54, 1.807) is 0 Å². The van der Waals surface area contributed by atoms with Crippen LogP contribution in [0.15, 0.2) is 18.2 Å². The van der Waals surface area contributed by atoms with Crippen LogP contribution in [0, 0.1) is 5.82 Å². The lowest BCUT2D eigenvalue weighted by molar-refractivity contribution is 0.0904. The number of phenols is 1. The van der Waals surface area contributed by atoms with Crippen molar-refractivity contribution in [3.63, 3.8) is 0 Å². The standard InChI is InChI=1S/C11H13BrFNO3/c1-17-6-7(5-12)14-11(16)9-3-2-8(15)4-10(9)13/h2-4,7,15H,5-6H2,1H3,(H,14,16). The molecule has 1 unspecified atom stereocenters. The second kappa shape index (κ2) is 6.56. The van der Waals surface area contributed by atoms with E-state index in [0.717, 1.165) is 6.07 Å². The molecule has 0 aliphatic rings. The SMILES string of the molecule is COCC(CBr)NC(=O)c1ccc(O)cc1F. The first-order valence-electron chi connectivity index (χ1n) is 4.92. The fourth-order valence-corrected chi connectivity index (χ4v) is 1.63. The maximum Gasteiger partial charge on any atom is 0.254 e. The zero-order chi connectivity index (χ0) is 12.8. The van der Waals surface area contributed by atoms with Crippen LogP contribution in [0.3, 0.4) is 0 Å². The molecule has 1 rings (SSSR count). The van der Waals surface area contributed by atoms with Crippen molar-refractivity contribution >= 4 is 21.8 Å². The van der Waals surface area contributed by atoms with E-state index in [9.17, 15) is 9.18 Å². The van der Waals surface area contributed by atoms with E-state index in [1.807, 2.05) is 0 Å². The fourth-order valence-electron chi connectivity index (χ4n) is 1.28. The molecule has 0 aliphatic heterocycles. The summed E-state index contributed by atoms with van der Waals surface area (Å²) in [4.78, 5) is 11.7. The van der Waals surface area contributed by atoms with Crippen molar-refractivity contribution in [3.8, 4) is 5.75 Å². The van der Waals surface area contributed by atoms with E-state index in [-0.39, 0.29) is 17.4 Å². The molecule has 0 aromatic heterocycles. The molecule has 0 saturated heterocycles. The number of alkyl halides is 1. The van der Waals surface area contributed by atoms with E-state index in [4.69, 9.17) is 9.84 Å².